The minimum Gasteiger partial charge on any atom is -0.491 e. The molecule has 4 rings (SSSR count). The van der Waals surface area contributed by atoms with Crippen molar-refractivity contribution in [3.8, 4) is 11.5 Å². The van der Waals surface area contributed by atoms with Crippen LogP contribution in [0.1, 0.15) is 11.3 Å². The summed E-state index contributed by atoms with van der Waals surface area (Å²) >= 11 is 0. The van der Waals surface area contributed by atoms with Crippen molar-refractivity contribution in [1.29, 1.82) is 0 Å². The molecule has 0 radical (unpaired) electrons. The smallest absolute Gasteiger partial charge is 0.153 e. The first-order valence-electron chi connectivity index (χ1n) is 8.22. The molecule has 1 aliphatic heterocycles. The molecule has 0 fully saturated rings. The minimum absolute atomic E-state index is 0.0188. The van der Waals surface area contributed by atoms with E-state index in [1.54, 1.807) is 24.5 Å². The van der Waals surface area contributed by atoms with E-state index in [2.05, 4.69) is 11.6 Å². The van der Waals surface area contributed by atoms with Crippen LogP contribution in [0.5, 0.6) is 11.5 Å². The highest BCUT2D eigenvalue weighted by atomic mass is 16.5. The van der Waals surface area contributed by atoms with Gasteiger partial charge in [-0.3, -0.25) is 0 Å². The largest absolute Gasteiger partial charge is 0.491 e. The van der Waals surface area contributed by atoms with Gasteiger partial charge in [0.2, 0.25) is 0 Å². The van der Waals surface area contributed by atoms with Crippen LogP contribution in [-0.4, -0.2) is 38.9 Å². The Morgan fingerprint density at radius 2 is 2.15 bits per heavy atom. The van der Waals surface area contributed by atoms with E-state index < -0.39 is 6.10 Å². The fourth-order valence-electron chi connectivity index (χ4n) is 2.76. The molecule has 0 bridgehead atoms. The van der Waals surface area contributed by atoms with Crippen molar-refractivity contribution in [2.45, 2.75) is 6.10 Å². The number of ether oxygens (including phenoxy) is 2. The number of allylic oxidation sites excluding steroid dienone is 2. The molecule has 6 heteroatoms. The summed E-state index contributed by atoms with van der Waals surface area (Å²) in [7, 11) is 0. The van der Waals surface area contributed by atoms with E-state index in [1.165, 1.54) is 0 Å². The summed E-state index contributed by atoms with van der Waals surface area (Å²) in [5.74, 6) is 1.88. The number of aliphatic hydroxyl groups excluding tert-OH is 2. The van der Waals surface area contributed by atoms with Crippen LogP contribution in [0.15, 0.2) is 61.6 Å². The van der Waals surface area contributed by atoms with Gasteiger partial charge in [-0.25, -0.2) is 4.98 Å². The molecule has 1 atom stereocenters. The van der Waals surface area contributed by atoms with Gasteiger partial charge in [0.25, 0.3) is 0 Å². The van der Waals surface area contributed by atoms with Gasteiger partial charge in [0.05, 0.1) is 12.9 Å². The summed E-state index contributed by atoms with van der Waals surface area (Å²) in [6.07, 6.45) is 4.62. The van der Waals surface area contributed by atoms with E-state index in [0.29, 0.717) is 17.3 Å². The van der Waals surface area contributed by atoms with Crippen LogP contribution >= 0.6 is 0 Å². The summed E-state index contributed by atoms with van der Waals surface area (Å²) < 4.78 is 13.4. The first-order valence-corrected chi connectivity index (χ1v) is 8.22. The molecule has 2 aromatic heterocycles. The number of hydrogen-bond donors (Lipinski definition) is 2. The lowest BCUT2D eigenvalue weighted by molar-refractivity contribution is 0.0536. The highest BCUT2D eigenvalue weighted by molar-refractivity contribution is 5.87. The van der Waals surface area contributed by atoms with Crippen molar-refractivity contribution >= 4 is 16.8 Å². The van der Waals surface area contributed by atoms with Gasteiger partial charge in [-0.15, -0.1) is 0 Å². The van der Waals surface area contributed by atoms with E-state index in [9.17, 15) is 5.11 Å². The Labute approximate surface area is 150 Å². The lowest BCUT2D eigenvalue weighted by Crippen LogP contribution is -2.21. The second-order valence-electron chi connectivity index (χ2n) is 6.06. The van der Waals surface area contributed by atoms with Crippen LogP contribution in [0.4, 0.5) is 0 Å². The van der Waals surface area contributed by atoms with Crippen molar-refractivity contribution in [2.24, 2.45) is 0 Å². The zero-order valence-corrected chi connectivity index (χ0v) is 14.0. The van der Waals surface area contributed by atoms with E-state index in [4.69, 9.17) is 14.6 Å². The normalized spacial score (nSPS) is 14.5. The number of hydrogen-bond acceptors (Lipinski definition) is 5. The second-order valence-corrected chi connectivity index (χ2v) is 6.06. The molecule has 0 saturated heterocycles. The Morgan fingerprint density at radius 3 is 3.00 bits per heavy atom. The first kappa shape index (κ1) is 16.4. The van der Waals surface area contributed by atoms with Crippen LogP contribution in [0.3, 0.4) is 0 Å². The molecule has 1 aromatic carbocycles. The molecule has 3 aromatic rings. The molecule has 0 amide bonds. The Bertz CT molecular complexity index is 1010. The van der Waals surface area contributed by atoms with E-state index in [0.717, 1.165) is 22.3 Å². The number of fused-ring (bicyclic) bond motifs is 2. The SMILES string of the molecule is C=C1C=C(c2cc3cccn3cn2)Oc2ccc(OCC(O)CO)cc21. The molecular formula is C20H18N2O4. The predicted molar refractivity (Wildman–Crippen MR) is 97.9 cm³/mol. The van der Waals surface area contributed by atoms with Gasteiger partial charge in [-0.05, 0) is 48.0 Å². The third-order valence-electron chi connectivity index (χ3n) is 4.15. The van der Waals surface area contributed by atoms with Crippen LogP contribution in [0.2, 0.25) is 0 Å². The van der Waals surface area contributed by atoms with E-state index in [-0.39, 0.29) is 13.2 Å². The Morgan fingerprint density at radius 1 is 1.27 bits per heavy atom. The zero-order chi connectivity index (χ0) is 18.1. The number of rotatable bonds is 5. The fraction of sp³-hybridized carbons (Fsp3) is 0.150. The standard InChI is InChI=1S/C20H18N2O4/c1-13-7-20(18-8-14-3-2-6-22(14)12-21-18)26-19-5-4-16(9-17(13)19)25-11-15(24)10-23/h2-9,12,15,23-24H,1,10-11H2. The zero-order valence-electron chi connectivity index (χ0n) is 14.0. The molecule has 0 aliphatic carbocycles. The maximum Gasteiger partial charge on any atom is 0.153 e. The Hall–Kier alpha value is -3.09. The molecule has 6 nitrogen and oxygen atoms in total. The number of benzene rings is 1. The highest BCUT2D eigenvalue weighted by Gasteiger charge is 2.19. The summed E-state index contributed by atoms with van der Waals surface area (Å²) in [5.41, 5.74) is 3.36. The second kappa shape index (κ2) is 6.67. The maximum atomic E-state index is 9.39. The summed E-state index contributed by atoms with van der Waals surface area (Å²) in [4.78, 5) is 4.44. The summed E-state index contributed by atoms with van der Waals surface area (Å²) in [6.45, 7) is 3.78. The highest BCUT2D eigenvalue weighted by Crippen LogP contribution is 2.37. The Balaban J connectivity index is 1.59. The van der Waals surface area contributed by atoms with Gasteiger partial charge in [0.1, 0.15) is 29.9 Å². The lowest BCUT2D eigenvalue weighted by Gasteiger charge is -2.20. The molecule has 0 saturated carbocycles. The van der Waals surface area contributed by atoms with Crippen molar-refractivity contribution < 1.29 is 19.7 Å². The fourth-order valence-corrected chi connectivity index (χ4v) is 2.76. The van der Waals surface area contributed by atoms with Crippen molar-refractivity contribution in [3.05, 3.63) is 72.8 Å². The maximum absolute atomic E-state index is 9.39. The minimum atomic E-state index is -0.910. The van der Waals surface area contributed by atoms with Gasteiger partial charge < -0.3 is 24.1 Å². The molecular weight excluding hydrogens is 332 g/mol. The first-order chi connectivity index (χ1) is 12.6. The average molecular weight is 350 g/mol. The van der Waals surface area contributed by atoms with Crippen LogP contribution < -0.4 is 9.47 Å². The predicted octanol–water partition coefficient (Wildman–Crippen LogP) is 2.51. The molecule has 0 spiro atoms. The number of aromatic nitrogens is 2. The lowest BCUT2D eigenvalue weighted by atomic mass is 10.0. The van der Waals surface area contributed by atoms with Gasteiger partial charge >= 0.3 is 0 Å². The molecule has 2 N–H and O–H groups in total. The summed E-state index contributed by atoms with van der Waals surface area (Å²) in [6, 6.07) is 11.3. The van der Waals surface area contributed by atoms with Gasteiger partial charge in [0, 0.05) is 17.3 Å². The molecule has 132 valence electrons. The molecule has 26 heavy (non-hydrogen) atoms. The van der Waals surface area contributed by atoms with E-state index in [1.807, 2.05) is 34.9 Å². The van der Waals surface area contributed by atoms with Crippen molar-refractivity contribution in [1.82, 2.24) is 9.38 Å². The number of nitrogens with zero attached hydrogens (tertiary/aromatic N) is 2. The Kier molecular flexibility index (Phi) is 4.20. The molecule has 1 aliphatic rings. The molecule has 1 unspecified atom stereocenters. The van der Waals surface area contributed by atoms with Crippen molar-refractivity contribution in [2.75, 3.05) is 13.2 Å². The quantitative estimate of drug-likeness (QED) is 0.739. The van der Waals surface area contributed by atoms with Crippen LogP contribution in [0, 0.1) is 0 Å². The van der Waals surface area contributed by atoms with Crippen molar-refractivity contribution in [3.63, 3.8) is 0 Å². The topological polar surface area (TPSA) is 76.2 Å². The van der Waals surface area contributed by atoms with Gasteiger partial charge in [0.15, 0.2) is 5.76 Å². The van der Waals surface area contributed by atoms with Crippen LogP contribution in [-0.2, 0) is 0 Å². The average Bonchev–Trinajstić information content (AvgIpc) is 3.14. The number of aliphatic hydroxyl groups is 2. The third-order valence-corrected chi connectivity index (χ3v) is 4.15. The third kappa shape index (κ3) is 3.08. The van der Waals surface area contributed by atoms with E-state index >= 15 is 0 Å². The van der Waals surface area contributed by atoms with Gasteiger partial charge in [-0.1, -0.05) is 6.58 Å². The molecule has 3 heterocycles. The monoisotopic (exact) mass is 350 g/mol. The summed E-state index contributed by atoms with van der Waals surface area (Å²) in [5, 5.41) is 18.3. The van der Waals surface area contributed by atoms with Crippen LogP contribution in [0.25, 0.3) is 16.8 Å². The van der Waals surface area contributed by atoms with Gasteiger partial charge in [-0.2, -0.15) is 0 Å².